The second-order valence-electron chi connectivity index (χ2n) is 8.35. The van der Waals surface area contributed by atoms with Gasteiger partial charge in [0, 0.05) is 37.1 Å². The van der Waals surface area contributed by atoms with Gasteiger partial charge in [0.2, 0.25) is 0 Å². The second kappa shape index (κ2) is 6.26. The summed E-state index contributed by atoms with van der Waals surface area (Å²) < 4.78 is 0. The lowest BCUT2D eigenvalue weighted by Crippen LogP contribution is -2.64. The van der Waals surface area contributed by atoms with Gasteiger partial charge in [-0.2, -0.15) is 0 Å². The molecule has 0 aromatic heterocycles. The normalized spacial score (nSPS) is 35.0. The smallest absolute Gasteiger partial charge is 0.0320 e. The Labute approximate surface area is 151 Å². The van der Waals surface area contributed by atoms with Crippen molar-refractivity contribution in [3.05, 3.63) is 71.8 Å². The fourth-order valence-corrected chi connectivity index (χ4v) is 5.15. The van der Waals surface area contributed by atoms with Gasteiger partial charge >= 0.3 is 0 Å². The largest absolute Gasteiger partial charge is 0.310 e. The van der Waals surface area contributed by atoms with Gasteiger partial charge in [-0.15, -0.1) is 0 Å². The Morgan fingerprint density at radius 1 is 0.880 bits per heavy atom. The van der Waals surface area contributed by atoms with Gasteiger partial charge in [0.1, 0.15) is 0 Å². The van der Waals surface area contributed by atoms with Gasteiger partial charge in [-0.25, -0.2) is 0 Å². The summed E-state index contributed by atoms with van der Waals surface area (Å²) in [6, 6.07) is 24.1. The zero-order valence-corrected chi connectivity index (χ0v) is 15.0. The summed E-state index contributed by atoms with van der Waals surface area (Å²) >= 11 is 0. The standard InChI is InChI=1S/C23H28N2/c1-16(17-8-4-2-5-9-17)25-14-19-12-20(15-25)23(19)24-22-13-21(22)18-10-6-3-7-11-18/h2-11,16,19-24H,12-15H2,1H3/t16?,19-,20+,21-,22+,23+/m0/s1. The molecule has 2 heterocycles. The highest BCUT2D eigenvalue weighted by atomic mass is 15.2. The van der Waals surface area contributed by atoms with Crippen LogP contribution in [0.25, 0.3) is 0 Å². The Hall–Kier alpha value is -1.64. The van der Waals surface area contributed by atoms with E-state index in [2.05, 4.69) is 77.8 Å². The first kappa shape index (κ1) is 15.6. The predicted octanol–water partition coefficient (Wildman–Crippen LogP) is 4.21. The first-order chi connectivity index (χ1) is 12.3. The van der Waals surface area contributed by atoms with Crippen LogP contribution in [0.4, 0.5) is 0 Å². The number of rotatable bonds is 5. The van der Waals surface area contributed by atoms with E-state index in [-0.39, 0.29) is 0 Å². The summed E-state index contributed by atoms with van der Waals surface area (Å²) in [6.07, 6.45) is 2.75. The van der Waals surface area contributed by atoms with Crippen LogP contribution in [-0.2, 0) is 0 Å². The van der Waals surface area contributed by atoms with Crippen LogP contribution in [0, 0.1) is 11.8 Å². The number of nitrogens with one attached hydrogen (secondary N) is 1. The molecule has 6 rings (SSSR count). The molecule has 2 saturated heterocycles. The molecule has 2 bridgehead atoms. The minimum atomic E-state index is 0.547. The van der Waals surface area contributed by atoms with Gasteiger partial charge in [0.05, 0.1) is 0 Å². The maximum absolute atomic E-state index is 4.01. The lowest BCUT2D eigenvalue weighted by molar-refractivity contribution is -0.0329. The van der Waals surface area contributed by atoms with Gasteiger partial charge in [-0.1, -0.05) is 60.7 Å². The van der Waals surface area contributed by atoms with Crippen molar-refractivity contribution >= 4 is 0 Å². The Kier molecular flexibility index (Phi) is 3.91. The molecular weight excluding hydrogens is 304 g/mol. The van der Waals surface area contributed by atoms with Crippen molar-refractivity contribution < 1.29 is 0 Å². The van der Waals surface area contributed by atoms with E-state index in [1.165, 1.54) is 37.1 Å². The quantitative estimate of drug-likeness (QED) is 0.882. The van der Waals surface area contributed by atoms with Gasteiger partial charge < -0.3 is 5.32 Å². The number of hydrogen-bond donors (Lipinski definition) is 1. The summed E-state index contributed by atoms with van der Waals surface area (Å²) in [7, 11) is 0. The van der Waals surface area contributed by atoms with Crippen LogP contribution in [-0.4, -0.2) is 30.1 Å². The van der Waals surface area contributed by atoms with Crippen molar-refractivity contribution in [2.45, 2.75) is 43.8 Å². The van der Waals surface area contributed by atoms with Crippen molar-refractivity contribution in [2.75, 3.05) is 13.1 Å². The van der Waals surface area contributed by atoms with Crippen molar-refractivity contribution in [1.82, 2.24) is 10.2 Å². The van der Waals surface area contributed by atoms with Crippen LogP contribution in [0.3, 0.4) is 0 Å². The van der Waals surface area contributed by atoms with E-state index >= 15 is 0 Å². The SMILES string of the molecule is CC(c1ccccc1)N1C[C@H]2C[C@@H](C1)[C@H]2N[C@@H]1C[C@H]1c1ccccc1. The van der Waals surface area contributed by atoms with Gasteiger partial charge in [-0.05, 0) is 42.7 Å². The van der Waals surface area contributed by atoms with E-state index in [1.807, 2.05) is 0 Å². The molecule has 1 N–H and O–H groups in total. The van der Waals surface area contributed by atoms with Gasteiger partial charge in [0.15, 0.2) is 0 Å². The molecule has 4 aliphatic rings. The van der Waals surface area contributed by atoms with Crippen LogP contribution in [0.5, 0.6) is 0 Å². The molecule has 4 fully saturated rings. The third-order valence-electron chi connectivity index (χ3n) is 6.81. The molecule has 2 saturated carbocycles. The van der Waals surface area contributed by atoms with Crippen LogP contribution < -0.4 is 5.32 Å². The summed E-state index contributed by atoms with van der Waals surface area (Å²) in [4.78, 5) is 2.70. The zero-order valence-electron chi connectivity index (χ0n) is 15.0. The Balaban J connectivity index is 1.18. The molecule has 2 nitrogen and oxygen atoms in total. The summed E-state index contributed by atoms with van der Waals surface area (Å²) in [5.74, 6) is 2.45. The molecule has 2 aromatic carbocycles. The summed E-state index contributed by atoms with van der Waals surface area (Å²) in [5, 5.41) is 4.01. The van der Waals surface area contributed by atoms with E-state index in [9.17, 15) is 0 Å². The Bertz CT molecular complexity index is 701. The van der Waals surface area contributed by atoms with Crippen LogP contribution in [0.2, 0.25) is 0 Å². The molecule has 2 aromatic rings. The molecule has 0 amide bonds. The minimum Gasteiger partial charge on any atom is -0.310 e. The second-order valence-corrected chi connectivity index (χ2v) is 8.35. The fourth-order valence-electron chi connectivity index (χ4n) is 5.15. The third kappa shape index (κ3) is 2.92. The van der Waals surface area contributed by atoms with Crippen molar-refractivity contribution in [3.63, 3.8) is 0 Å². The molecule has 25 heavy (non-hydrogen) atoms. The number of benzene rings is 2. The number of nitrogens with zero attached hydrogens (tertiary/aromatic N) is 1. The number of hydrogen-bond acceptors (Lipinski definition) is 2. The topological polar surface area (TPSA) is 15.3 Å². The summed E-state index contributed by atoms with van der Waals surface area (Å²) in [6.45, 7) is 4.88. The molecule has 2 heteroatoms. The number of fused-ring (bicyclic) bond motifs is 2. The first-order valence-electron chi connectivity index (χ1n) is 9.89. The monoisotopic (exact) mass is 332 g/mol. The maximum Gasteiger partial charge on any atom is 0.0320 e. The highest BCUT2D eigenvalue weighted by molar-refractivity contribution is 5.28. The Morgan fingerprint density at radius 3 is 2.20 bits per heavy atom. The molecule has 6 atom stereocenters. The van der Waals surface area contributed by atoms with E-state index < -0.39 is 0 Å². The average molecular weight is 332 g/mol. The summed E-state index contributed by atoms with van der Waals surface area (Å²) in [5.41, 5.74) is 2.98. The average Bonchev–Trinajstić information content (AvgIpc) is 3.46. The maximum atomic E-state index is 4.01. The van der Waals surface area contributed by atoms with Crippen molar-refractivity contribution in [3.8, 4) is 0 Å². The van der Waals surface area contributed by atoms with E-state index in [4.69, 9.17) is 0 Å². The molecule has 0 spiro atoms. The molecule has 130 valence electrons. The Morgan fingerprint density at radius 2 is 1.52 bits per heavy atom. The van der Waals surface area contributed by atoms with Gasteiger partial charge in [0.25, 0.3) is 0 Å². The molecule has 2 aliphatic carbocycles. The lowest BCUT2D eigenvalue weighted by Gasteiger charge is -2.55. The van der Waals surface area contributed by atoms with Crippen LogP contribution in [0.1, 0.15) is 42.9 Å². The highest BCUT2D eigenvalue weighted by Crippen LogP contribution is 2.47. The molecule has 2 aliphatic heterocycles. The first-order valence-corrected chi connectivity index (χ1v) is 9.89. The number of piperidine rings is 2. The highest BCUT2D eigenvalue weighted by Gasteiger charge is 2.50. The van der Waals surface area contributed by atoms with Crippen molar-refractivity contribution in [2.24, 2.45) is 11.8 Å². The molecule has 1 unspecified atom stereocenters. The van der Waals surface area contributed by atoms with Crippen LogP contribution in [0.15, 0.2) is 60.7 Å². The zero-order chi connectivity index (χ0) is 16.8. The third-order valence-corrected chi connectivity index (χ3v) is 6.81. The molecule has 0 radical (unpaired) electrons. The predicted molar refractivity (Wildman–Crippen MR) is 103 cm³/mol. The van der Waals surface area contributed by atoms with E-state index in [0.29, 0.717) is 6.04 Å². The van der Waals surface area contributed by atoms with Crippen molar-refractivity contribution in [1.29, 1.82) is 0 Å². The van der Waals surface area contributed by atoms with Crippen LogP contribution >= 0.6 is 0 Å². The lowest BCUT2D eigenvalue weighted by atomic mass is 9.65. The fraction of sp³-hybridized carbons (Fsp3) is 0.478. The van der Waals surface area contributed by atoms with E-state index in [1.54, 1.807) is 0 Å². The van der Waals surface area contributed by atoms with Gasteiger partial charge in [-0.3, -0.25) is 4.90 Å². The molecular formula is C23H28N2. The van der Waals surface area contributed by atoms with E-state index in [0.717, 1.165) is 29.8 Å². The minimum absolute atomic E-state index is 0.547.